The predicted molar refractivity (Wildman–Crippen MR) is 58.6 cm³/mol. The average Bonchev–Trinajstić information content (AvgIpc) is 2.18. The van der Waals surface area contributed by atoms with Crippen LogP contribution in [-0.2, 0) is 19.2 Å². The van der Waals surface area contributed by atoms with Crippen LogP contribution in [-0.4, -0.2) is 58.1 Å². The second-order valence-corrected chi connectivity index (χ2v) is 6.57. The molecule has 1 fully saturated rings. The van der Waals surface area contributed by atoms with Gasteiger partial charge in [0.2, 0.25) is 0 Å². The number of aliphatic hydroxyl groups is 2. The van der Waals surface area contributed by atoms with Gasteiger partial charge in [0.25, 0.3) is 0 Å². The minimum Gasteiger partial charge on any atom is -0.390 e. The molecular weight excluding hydrogens is 234 g/mol. The van der Waals surface area contributed by atoms with E-state index in [4.69, 9.17) is 14.3 Å². The molecule has 0 aromatic rings. The van der Waals surface area contributed by atoms with Crippen molar-refractivity contribution in [3.63, 3.8) is 0 Å². The fourth-order valence-corrected chi connectivity index (χ4v) is 2.37. The molecule has 0 amide bonds. The van der Waals surface area contributed by atoms with Gasteiger partial charge in [0.1, 0.15) is 6.10 Å². The van der Waals surface area contributed by atoms with E-state index in [9.17, 15) is 14.4 Å². The fraction of sp³-hybridized carbons (Fsp3) is 1.00. The van der Waals surface area contributed by atoms with Crippen LogP contribution in [0, 0.1) is 4.78 Å². The van der Waals surface area contributed by atoms with E-state index in [1.807, 2.05) is 0 Å². The SMILES string of the molecule is CO[C@H]1O[C@H](CCS(C)(=N)=O)C[C@H](O)[C@@H]1O. The maximum Gasteiger partial charge on any atom is 0.185 e. The van der Waals surface area contributed by atoms with E-state index in [0.717, 1.165) is 0 Å². The van der Waals surface area contributed by atoms with Gasteiger partial charge >= 0.3 is 0 Å². The summed E-state index contributed by atoms with van der Waals surface area (Å²) in [4.78, 5) is 0. The van der Waals surface area contributed by atoms with Gasteiger partial charge in [0.05, 0.1) is 12.2 Å². The molecule has 3 N–H and O–H groups in total. The summed E-state index contributed by atoms with van der Waals surface area (Å²) in [6, 6.07) is 0. The second kappa shape index (κ2) is 5.42. The molecule has 96 valence electrons. The Balaban J connectivity index is 2.51. The Hall–Kier alpha value is -0.210. The third-order valence-electron chi connectivity index (χ3n) is 2.57. The van der Waals surface area contributed by atoms with Crippen LogP contribution >= 0.6 is 0 Å². The van der Waals surface area contributed by atoms with Crippen molar-refractivity contribution in [3.05, 3.63) is 0 Å². The summed E-state index contributed by atoms with van der Waals surface area (Å²) in [5, 5.41) is 19.0. The van der Waals surface area contributed by atoms with Gasteiger partial charge < -0.3 is 19.7 Å². The Kier molecular flexibility index (Phi) is 4.69. The largest absolute Gasteiger partial charge is 0.390 e. The Morgan fingerprint density at radius 2 is 2.19 bits per heavy atom. The first kappa shape index (κ1) is 13.9. The Labute approximate surface area is 95.5 Å². The zero-order chi connectivity index (χ0) is 12.3. The maximum absolute atomic E-state index is 11.2. The molecule has 0 bridgehead atoms. The zero-order valence-electron chi connectivity index (χ0n) is 9.46. The van der Waals surface area contributed by atoms with E-state index in [1.54, 1.807) is 0 Å². The van der Waals surface area contributed by atoms with Crippen molar-refractivity contribution >= 4 is 9.73 Å². The molecule has 0 saturated carbocycles. The molecule has 1 aliphatic rings. The van der Waals surface area contributed by atoms with E-state index in [0.29, 0.717) is 6.42 Å². The van der Waals surface area contributed by atoms with Crippen molar-refractivity contribution in [2.24, 2.45) is 0 Å². The van der Waals surface area contributed by atoms with Crippen LogP contribution in [0.5, 0.6) is 0 Å². The molecule has 5 atom stereocenters. The molecule has 1 aliphatic heterocycles. The summed E-state index contributed by atoms with van der Waals surface area (Å²) in [7, 11) is -1.16. The molecule has 1 heterocycles. The van der Waals surface area contributed by atoms with Crippen LogP contribution in [0.3, 0.4) is 0 Å². The lowest BCUT2D eigenvalue weighted by Crippen LogP contribution is -2.49. The normalized spacial score (nSPS) is 39.2. The highest BCUT2D eigenvalue weighted by Gasteiger charge is 2.36. The Bertz CT molecular complexity index is 318. The molecule has 1 rings (SSSR count). The summed E-state index contributed by atoms with van der Waals surface area (Å²) >= 11 is 0. The van der Waals surface area contributed by atoms with E-state index >= 15 is 0 Å². The topological polar surface area (TPSA) is 99.8 Å². The van der Waals surface area contributed by atoms with Gasteiger partial charge in [-0.05, 0) is 6.42 Å². The number of rotatable bonds is 4. The lowest BCUT2D eigenvalue weighted by Gasteiger charge is -2.36. The van der Waals surface area contributed by atoms with Gasteiger partial charge in [-0.2, -0.15) is 0 Å². The molecule has 0 aromatic carbocycles. The van der Waals surface area contributed by atoms with Crippen molar-refractivity contribution in [1.29, 1.82) is 4.78 Å². The molecule has 16 heavy (non-hydrogen) atoms. The third-order valence-corrected chi connectivity index (χ3v) is 3.58. The van der Waals surface area contributed by atoms with Crippen molar-refractivity contribution in [2.45, 2.75) is 37.4 Å². The van der Waals surface area contributed by atoms with Crippen LogP contribution in [0.2, 0.25) is 0 Å². The highest BCUT2D eigenvalue weighted by Crippen LogP contribution is 2.23. The number of hydrogen-bond donors (Lipinski definition) is 3. The number of ether oxygens (including phenoxy) is 2. The van der Waals surface area contributed by atoms with Crippen LogP contribution in [0.1, 0.15) is 12.8 Å². The minimum atomic E-state index is -2.54. The van der Waals surface area contributed by atoms with E-state index in [1.165, 1.54) is 13.4 Å². The molecule has 0 radical (unpaired) electrons. The highest BCUT2D eigenvalue weighted by atomic mass is 32.2. The number of methoxy groups -OCH3 is 1. The quantitative estimate of drug-likeness (QED) is 0.629. The van der Waals surface area contributed by atoms with Crippen LogP contribution in [0.25, 0.3) is 0 Å². The first-order chi connectivity index (χ1) is 7.33. The van der Waals surface area contributed by atoms with Crippen molar-refractivity contribution in [3.8, 4) is 0 Å². The molecule has 0 aromatic heterocycles. The van der Waals surface area contributed by atoms with Crippen molar-refractivity contribution < 1.29 is 23.9 Å². The maximum atomic E-state index is 11.2. The lowest BCUT2D eigenvalue weighted by atomic mass is 10.0. The minimum absolute atomic E-state index is 0.219. The van der Waals surface area contributed by atoms with Gasteiger partial charge in [-0.1, -0.05) is 0 Å². The molecule has 6 nitrogen and oxygen atoms in total. The molecule has 0 spiro atoms. The molecule has 7 heteroatoms. The van der Waals surface area contributed by atoms with Crippen LogP contribution < -0.4 is 0 Å². The summed E-state index contributed by atoms with van der Waals surface area (Å²) in [6.45, 7) is 0. The molecular formula is C9H19NO5S. The highest BCUT2D eigenvalue weighted by molar-refractivity contribution is 7.91. The van der Waals surface area contributed by atoms with Crippen molar-refractivity contribution in [1.82, 2.24) is 0 Å². The summed E-state index contributed by atoms with van der Waals surface area (Å²) in [5.41, 5.74) is 0. The molecule has 1 unspecified atom stereocenters. The first-order valence-electron chi connectivity index (χ1n) is 5.09. The van der Waals surface area contributed by atoms with Crippen LogP contribution in [0.4, 0.5) is 0 Å². The second-order valence-electron chi connectivity index (χ2n) is 4.15. The zero-order valence-corrected chi connectivity index (χ0v) is 10.3. The number of aliphatic hydroxyl groups excluding tert-OH is 2. The summed E-state index contributed by atoms with van der Waals surface area (Å²) < 4.78 is 28.7. The van der Waals surface area contributed by atoms with Crippen molar-refractivity contribution in [2.75, 3.05) is 19.1 Å². The predicted octanol–water partition coefficient (Wildman–Crippen LogP) is -0.464. The third kappa shape index (κ3) is 3.99. The van der Waals surface area contributed by atoms with E-state index in [2.05, 4.69) is 0 Å². The lowest BCUT2D eigenvalue weighted by molar-refractivity contribution is -0.257. The van der Waals surface area contributed by atoms with Gasteiger partial charge in [0, 0.05) is 35.3 Å². The molecule has 0 aliphatic carbocycles. The number of nitrogens with one attached hydrogen (secondary N) is 1. The Morgan fingerprint density at radius 1 is 1.56 bits per heavy atom. The summed E-state index contributed by atoms with van der Waals surface area (Å²) in [6.07, 6.45) is -1.07. The van der Waals surface area contributed by atoms with Gasteiger partial charge in [0.15, 0.2) is 6.29 Å². The average molecular weight is 253 g/mol. The standard InChI is InChI=1S/C9H19NO5S/c1-14-9-8(12)7(11)5-6(15-9)3-4-16(2,10)13/h6-12H,3-5H2,1-2H3/t6-,7+,8+,9+,16?/m1/s1. The summed E-state index contributed by atoms with van der Waals surface area (Å²) in [5.74, 6) is 0.219. The first-order valence-corrected chi connectivity index (χ1v) is 7.23. The molecule has 1 saturated heterocycles. The Morgan fingerprint density at radius 3 is 2.69 bits per heavy atom. The van der Waals surface area contributed by atoms with Gasteiger partial charge in [-0.3, -0.25) is 8.99 Å². The van der Waals surface area contributed by atoms with Gasteiger partial charge in [-0.25, -0.2) is 0 Å². The van der Waals surface area contributed by atoms with Gasteiger partial charge in [-0.15, -0.1) is 0 Å². The van der Waals surface area contributed by atoms with E-state index in [-0.39, 0.29) is 18.3 Å². The van der Waals surface area contributed by atoms with E-state index < -0.39 is 28.2 Å². The monoisotopic (exact) mass is 253 g/mol. The van der Waals surface area contributed by atoms with Crippen LogP contribution in [0.15, 0.2) is 0 Å². The fourth-order valence-electron chi connectivity index (χ4n) is 1.65. The smallest absolute Gasteiger partial charge is 0.185 e. The number of hydrogen-bond acceptors (Lipinski definition) is 6.